The van der Waals surface area contributed by atoms with E-state index >= 15 is 0 Å². The predicted molar refractivity (Wildman–Crippen MR) is 104 cm³/mol. The Morgan fingerprint density at radius 2 is 1.63 bits per heavy atom. The standard InChI is InChI=1S/C21H26F2N2O2/c22-14-17(23)4-2-1-3-5-21(27)25-19-10-8-18(9-11-19)24-15-16-6-12-20(26)13-7-16/h6-13,17,24,26H,1-5,14-15H2,(H,25,27). The lowest BCUT2D eigenvalue weighted by molar-refractivity contribution is -0.116. The van der Waals surface area contributed by atoms with Crippen molar-refractivity contribution >= 4 is 17.3 Å². The summed E-state index contributed by atoms with van der Waals surface area (Å²) in [6, 6.07) is 14.4. The Bertz CT molecular complexity index is 690. The topological polar surface area (TPSA) is 61.4 Å². The third-order valence-electron chi connectivity index (χ3n) is 4.19. The van der Waals surface area contributed by atoms with E-state index in [1.54, 1.807) is 12.1 Å². The zero-order chi connectivity index (χ0) is 19.5. The number of carbonyl (C=O) groups excluding carboxylic acids is 1. The third kappa shape index (κ3) is 8.07. The van der Waals surface area contributed by atoms with E-state index in [0.29, 0.717) is 32.2 Å². The second-order valence-corrected chi connectivity index (χ2v) is 6.50. The van der Waals surface area contributed by atoms with Crippen molar-refractivity contribution in [3.05, 3.63) is 54.1 Å². The number of aromatic hydroxyl groups is 1. The first-order valence-electron chi connectivity index (χ1n) is 9.18. The molecule has 0 bridgehead atoms. The quantitative estimate of drug-likeness (QED) is 0.472. The highest BCUT2D eigenvalue weighted by Crippen LogP contribution is 2.16. The predicted octanol–water partition coefficient (Wildman–Crippen LogP) is 5.20. The van der Waals surface area contributed by atoms with Gasteiger partial charge in [-0.1, -0.05) is 25.0 Å². The monoisotopic (exact) mass is 376 g/mol. The van der Waals surface area contributed by atoms with Crippen molar-refractivity contribution in [3.8, 4) is 5.75 Å². The largest absolute Gasteiger partial charge is 0.508 e. The van der Waals surface area contributed by atoms with Crippen LogP contribution in [-0.4, -0.2) is 23.9 Å². The van der Waals surface area contributed by atoms with Crippen LogP contribution < -0.4 is 10.6 Å². The lowest BCUT2D eigenvalue weighted by atomic mass is 10.1. The molecule has 0 radical (unpaired) electrons. The van der Waals surface area contributed by atoms with Gasteiger partial charge in [-0.2, -0.15) is 0 Å². The fourth-order valence-corrected chi connectivity index (χ4v) is 2.62. The number of benzene rings is 2. The van der Waals surface area contributed by atoms with Crippen LogP contribution in [-0.2, 0) is 11.3 Å². The van der Waals surface area contributed by atoms with Crippen LogP contribution in [0.3, 0.4) is 0 Å². The highest BCUT2D eigenvalue weighted by Gasteiger charge is 2.06. The van der Waals surface area contributed by atoms with Gasteiger partial charge in [0.05, 0.1) is 0 Å². The number of rotatable bonds is 11. The molecule has 0 heterocycles. The summed E-state index contributed by atoms with van der Waals surface area (Å²) < 4.78 is 24.7. The number of amides is 1. The van der Waals surface area contributed by atoms with Gasteiger partial charge in [-0.05, 0) is 54.8 Å². The molecular formula is C21H26F2N2O2. The van der Waals surface area contributed by atoms with E-state index in [1.807, 2.05) is 36.4 Å². The molecule has 3 N–H and O–H groups in total. The van der Waals surface area contributed by atoms with Gasteiger partial charge in [-0.15, -0.1) is 0 Å². The van der Waals surface area contributed by atoms with Gasteiger partial charge in [0, 0.05) is 24.3 Å². The van der Waals surface area contributed by atoms with Gasteiger partial charge in [-0.25, -0.2) is 8.78 Å². The molecule has 0 aliphatic heterocycles. The smallest absolute Gasteiger partial charge is 0.224 e. The highest BCUT2D eigenvalue weighted by molar-refractivity contribution is 5.90. The lowest BCUT2D eigenvalue weighted by Crippen LogP contribution is -2.11. The molecular weight excluding hydrogens is 350 g/mol. The summed E-state index contributed by atoms with van der Waals surface area (Å²) in [6.07, 6.45) is 1.19. The molecule has 0 saturated carbocycles. The van der Waals surface area contributed by atoms with E-state index in [0.717, 1.165) is 16.9 Å². The second-order valence-electron chi connectivity index (χ2n) is 6.50. The maximum Gasteiger partial charge on any atom is 0.224 e. The van der Waals surface area contributed by atoms with Crippen molar-refractivity contribution in [3.63, 3.8) is 0 Å². The summed E-state index contributed by atoms with van der Waals surface area (Å²) in [4.78, 5) is 11.9. The zero-order valence-corrected chi connectivity index (χ0v) is 15.3. The molecule has 146 valence electrons. The van der Waals surface area contributed by atoms with Gasteiger partial charge in [0.15, 0.2) is 0 Å². The Morgan fingerprint density at radius 3 is 2.30 bits per heavy atom. The van der Waals surface area contributed by atoms with Gasteiger partial charge in [0.1, 0.15) is 18.6 Å². The molecule has 1 amide bonds. The number of anilines is 2. The molecule has 2 aromatic carbocycles. The molecule has 2 aromatic rings. The van der Waals surface area contributed by atoms with Crippen molar-refractivity contribution in [1.82, 2.24) is 0 Å². The van der Waals surface area contributed by atoms with E-state index in [9.17, 15) is 18.7 Å². The fraction of sp³-hybridized carbons (Fsp3) is 0.381. The summed E-state index contributed by atoms with van der Waals surface area (Å²) in [7, 11) is 0. The Kier molecular flexibility index (Phi) is 8.55. The number of phenols is 1. The summed E-state index contributed by atoms with van der Waals surface area (Å²) in [6.45, 7) is -0.297. The Labute approximate surface area is 158 Å². The SMILES string of the molecule is O=C(CCCCCC(F)CF)Nc1ccc(NCc2ccc(O)cc2)cc1. The van der Waals surface area contributed by atoms with Crippen LogP contribution in [0.25, 0.3) is 0 Å². The molecule has 6 heteroatoms. The molecule has 1 unspecified atom stereocenters. The maximum absolute atomic E-state index is 12.7. The van der Waals surface area contributed by atoms with Crippen LogP contribution in [0.15, 0.2) is 48.5 Å². The first-order valence-corrected chi connectivity index (χ1v) is 9.18. The summed E-state index contributed by atoms with van der Waals surface area (Å²) in [5.74, 6) is 0.160. The van der Waals surface area contributed by atoms with Crippen molar-refractivity contribution < 1.29 is 18.7 Å². The van der Waals surface area contributed by atoms with E-state index in [4.69, 9.17) is 0 Å². The van der Waals surface area contributed by atoms with Crippen LogP contribution in [0, 0.1) is 0 Å². The number of unbranched alkanes of at least 4 members (excludes halogenated alkanes) is 2. The number of carbonyl (C=O) groups is 1. The van der Waals surface area contributed by atoms with E-state index < -0.39 is 12.8 Å². The Hall–Kier alpha value is -2.63. The number of alkyl halides is 2. The minimum absolute atomic E-state index is 0.0814. The molecule has 0 aromatic heterocycles. The van der Waals surface area contributed by atoms with Crippen LogP contribution in [0.1, 0.15) is 37.7 Å². The molecule has 0 aliphatic rings. The molecule has 0 spiro atoms. The number of phenolic OH excluding ortho intramolecular Hbond substituents is 1. The lowest BCUT2D eigenvalue weighted by Gasteiger charge is -2.09. The summed E-state index contributed by atoms with van der Waals surface area (Å²) >= 11 is 0. The number of halogens is 2. The van der Waals surface area contributed by atoms with Gasteiger partial charge in [0.2, 0.25) is 5.91 Å². The van der Waals surface area contributed by atoms with Gasteiger partial charge in [-0.3, -0.25) is 4.79 Å². The minimum atomic E-state index is -1.38. The molecule has 0 aliphatic carbocycles. The highest BCUT2D eigenvalue weighted by atomic mass is 19.2. The molecule has 0 saturated heterocycles. The average Bonchev–Trinajstić information content (AvgIpc) is 2.68. The van der Waals surface area contributed by atoms with E-state index in [-0.39, 0.29) is 18.1 Å². The van der Waals surface area contributed by atoms with E-state index in [1.165, 1.54) is 0 Å². The summed E-state index contributed by atoms with van der Waals surface area (Å²) in [5.41, 5.74) is 2.70. The van der Waals surface area contributed by atoms with Gasteiger partial charge in [0.25, 0.3) is 0 Å². The molecule has 27 heavy (non-hydrogen) atoms. The molecule has 2 rings (SSSR count). The molecule has 1 atom stereocenters. The second kappa shape index (κ2) is 11.2. The van der Waals surface area contributed by atoms with Crippen molar-refractivity contribution in [1.29, 1.82) is 0 Å². The third-order valence-corrected chi connectivity index (χ3v) is 4.19. The number of nitrogens with one attached hydrogen (secondary N) is 2. The van der Waals surface area contributed by atoms with Crippen molar-refractivity contribution in [2.75, 3.05) is 17.3 Å². The van der Waals surface area contributed by atoms with Crippen molar-refractivity contribution in [2.24, 2.45) is 0 Å². The maximum atomic E-state index is 12.7. The first kappa shape index (κ1) is 20.7. The van der Waals surface area contributed by atoms with Crippen LogP contribution >= 0.6 is 0 Å². The Morgan fingerprint density at radius 1 is 0.963 bits per heavy atom. The number of hydrogen-bond donors (Lipinski definition) is 3. The minimum Gasteiger partial charge on any atom is -0.508 e. The molecule has 0 fully saturated rings. The van der Waals surface area contributed by atoms with Gasteiger partial charge >= 0.3 is 0 Å². The van der Waals surface area contributed by atoms with Crippen LogP contribution in [0.2, 0.25) is 0 Å². The zero-order valence-electron chi connectivity index (χ0n) is 15.3. The normalized spacial score (nSPS) is 11.8. The number of hydrogen-bond acceptors (Lipinski definition) is 3. The van der Waals surface area contributed by atoms with Crippen LogP contribution in [0.4, 0.5) is 20.2 Å². The molecule has 4 nitrogen and oxygen atoms in total. The average molecular weight is 376 g/mol. The van der Waals surface area contributed by atoms with Gasteiger partial charge < -0.3 is 15.7 Å². The van der Waals surface area contributed by atoms with Crippen molar-refractivity contribution in [2.45, 2.75) is 44.8 Å². The fourth-order valence-electron chi connectivity index (χ4n) is 2.62. The Balaban J connectivity index is 1.67. The van der Waals surface area contributed by atoms with E-state index in [2.05, 4.69) is 10.6 Å². The first-order chi connectivity index (χ1) is 13.1. The summed E-state index contributed by atoms with van der Waals surface area (Å²) in [5, 5.41) is 15.4. The van der Waals surface area contributed by atoms with Crippen LogP contribution in [0.5, 0.6) is 5.75 Å².